The summed E-state index contributed by atoms with van der Waals surface area (Å²) in [5.41, 5.74) is 2.83. The van der Waals surface area contributed by atoms with E-state index in [1.807, 2.05) is 30.9 Å². The first kappa shape index (κ1) is 17.2. The van der Waals surface area contributed by atoms with Gasteiger partial charge in [-0.15, -0.1) is 0 Å². The number of anilines is 2. The fraction of sp³-hybridized carbons (Fsp3) is 0.250. The van der Waals surface area contributed by atoms with E-state index >= 15 is 0 Å². The summed E-state index contributed by atoms with van der Waals surface area (Å²) in [4.78, 5) is 17.2. The molecule has 0 atom stereocenters. The number of aldehydes is 1. The topological polar surface area (TPSA) is 68.5 Å². The predicted molar refractivity (Wildman–Crippen MR) is 98.0 cm³/mol. The Balaban J connectivity index is 1.61. The number of fused-ring (bicyclic) bond motifs is 1. The van der Waals surface area contributed by atoms with Gasteiger partial charge in [0.05, 0.1) is 11.7 Å². The molecule has 3 aromatic rings. The number of nitrogens with zero attached hydrogens (tertiary/aromatic N) is 3. The van der Waals surface area contributed by atoms with E-state index in [1.54, 1.807) is 18.2 Å². The lowest BCUT2D eigenvalue weighted by atomic mass is 10.1. The number of hydrogen-bond donors (Lipinski definition) is 0. The van der Waals surface area contributed by atoms with Crippen molar-refractivity contribution in [3.05, 3.63) is 53.3 Å². The van der Waals surface area contributed by atoms with Gasteiger partial charge in [0.15, 0.2) is 0 Å². The minimum absolute atomic E-state index is 0.0415. The molecule has 1 aromatic heterocycles. The number of carbonyl (C=O) groups excluding carboxylic acids is 1. The minimum atomic E-state index is -0.485. The molecule has 7 heteroatoms. The quantitative estimate of drug-likeness (QED) is 0.631. The van der Waals surface area contributed by atoms with Crippen molar-refractivity contribution in [3.63, 3.8) is 0 Å². The smallest absolute Gasteiger partial charge is 0.270 e. The summed E-state index contributed by atoms with van der Waals surface area (Å²) in [6.45, 7) is 4.42. The van der Waals surface area contributed by atoms with E-state index in [0.717, 1.165) is 24.0 Å². The summed E-state index contributed by atoms with van der Waals surface area (Å²) in [5.74, 6) is 0.437. The second kappa shape index (κ2) is 6.83. The molecule has 2 heterocycles. The van der Waals surface area contributed by atoms with Gasteiger partial charge in [0.2, 0.25) is 0 Å². The van der Waals surface area contributed by atoms with E-state index in [-0.39, 0.29) is 17.6 Å². The SMILES string of the molecule is CC(C)Oc1ccc(-c2nc(N3CCc4cc(C=O)ccc43)no2)c(F)c1. The van der Waals surface area contributed by atoms with Crippen molar-refractivity contribution < 1.29 is 18.4 Å². The Labute approximate surface area is 155 Å². The summed E-state index contributed by atoms with van der Waals surface area (Å²) in [7, 11) is 0. The van der Waals surface area contributed by atoms with Crippen molar-refractivity contribution in [2.75, 3.05) is 11.4 Å². The Morgan fingerprint density at radius 1 is 1.26 bits per heavy atom. The molecule has 0 N–H and O–H groups in total. The lowest BCUT2D eigenvalue weighted by Crippen LogP contribution is -2.14. The average molecular weight is 367 g/mol. The Hall–Kier alpha value is -3.22. The zero-order chi connectivity index (χ0) is 19.0. The van der Waals surface area contributed by atoms with Crippen LogP contribution in [0, 0.1) is 5.82 Å². The van der Waals surface area contributed by atoms with E-state index in [9.17, 15) is 9.18 Å². The molecule has 0 radical (unpaired) electrons. The van der Waals surface area contributed by atoms with Gasteiger partial charge in [-0.05, 0) is 61.3 Å². The summed E-state index contributed by atoms with van der Waals surface area (Å²) in [6, 6.07) is 10.0. The van der Waals surface area contributed by atoms with Crippen molar-refractivity contribution in [1.82, 2.24) is 10.1 Å². The largest absolute Gasteiger partial charge is 0.491 e. The number of ether oxygens (including phenoxy) is 1. The maximum atomic E-state index is 14.4. The van der Waals surface area contributed by atoms with Gasteiger partial charge in [0.25, 0.3) is 11.8 Å². The molecule has 6 nitrogen and oxygen atoms in total. The monoisotopic (exact) mass is 367 g/mol. The van der Waals surface area contributed by atoms with E-state index < -0.39 is 5.82 Å². The molecule has 27 heavy (non-hydrogen) atoms. The Bertz CT molecular complexity index is 1000. The van der Waals surface area contributed by atoms with Crippen LogP contribution < -0.4 is 9.64 Å². The molecule has 0 aliphatic carbocycles. The van der Waals surface area contributed by atoms with Crippen molar-refractivity contribution >= 4 is 17.9 Å². The Kier molecular flexibility index (Phi) is 4.35. The average Bonchev–Trinajstić information content (AvgIpc) is 3.27. The fourth-order valence-electron chi connectivity index (χ4n) is 3.15. The van der Waals surface area contributed by atoms with Crippen molar-refractivity contribution in [2.45, 2.75) is 26.4 Å². The van der Waals surface area contributed by atoms with Gasteiger partial charge in [-0.2, -0.15) is 4.98 Å². The molecule has 0 unspecified atom stereocenters. The van der Waals surface area contributed by atoms with Crippen LogP contribution in [0.25, 0.3) is 11.5 Å². The number of carbonyl (C=O) groups is 1. The third-order valence-electron chi connectivity index (χ3n) is 4.33. The molecule has 1 aliphatic rings. The van der Waals surface area contributed by atoms with Gasteiger partial charge in [0.1, 0.15) is 17.9 Å². The highest BCUT2D eigenvalue weighted by atomic mass is 19.1. The summed E-state index contributed by atoms with van der Waals surface area (Å²) in [5, 5.41) is 4.00. The van der Waals surface area contributed by atoms with Crippen molar-refractivity contribution in [2.24, 2.45) is 0 Å². The first-order chi connectivity index (χ1) is 13.0. The van der Waals surface area contributed by atoms with Crippen molar-refractivity contribution in [1.29, 1.82) is 0 Å². The zero-order valence-corrected chi connectivity index (χ0v) is 15.0. The van der Waals surface area contributed by atoms with E-state index in [1.165, 1.54) is 6.07 Å². The molecule has 0 amide bonds. The van der Waals surface area contributed by atoms with Gasteiger partial charge in [-0.1, -0.05) is 0 Å². The Morgan fingerprint density at radius 3 is 2.85 bits per heavy atom. The molecule has 0 spiro atoms. The number of hydrogen-bond acceptors (Lipinski definition) is 6. The van der Waals surface area contributed by atoms with E-state index in [4.69, 9.17) is 9.26 Å². The molecule has 138 valence electrons. The van der Waals surface area contributed by atoms with Crippen LogP contribution >= 0.6 is 0 Å². The van der Waals surface area contributed by atoms with Crippen LogP contribution in [0.1, 0.15) is 29.8 Å². The van der Waals surface area contributed by atoms with Crippen LogP contribution in [0.5, 0.6) is 5.75 Å². The third-order valence-corrected chi connectivity index (χ3v) is 4.33. The van der Waals surface area contributed by atoms with Crippen LogP contribution in [-0.4, -0.2) is 29.1 Å². The molecule has 4 rings (SSSR count). The normalized spacial score (nSPS) is 13.1. The number of halogens is 1. The van der Waals surface area contributed by atoms with E-state index in [2.05, 4.69) is 10.1 Å². The van der Waals surface area contributed by atoms with Gasteiger partial charge in [-0.3, -0.25) is 4.79 Å². The first-order valence-electron chi connectivity index (χ1n) is 8.71. The highest BCUT2D eigenvalue weighted by Crippen LogP contribution is 2.35. The number of aromatic nitrogens is 2. The Morgan fingerprint density at radius 2 is 2.11 bits per heavy atom. The lowest BCUT2D eigenvalue weighted by Gasteiger charge is -2.13. The molecule has 0 saturated heterocycles. The highest BCUT2D eigenvalue weighted by Gasteiger charge is 2.25. The summed E-state index contributed by atoms with van der Waals surface area (Å²) in [6.07, 6.45) is 1.56. The van der Waals surface area contributed by atoms with Crippen LogP contribution in [0.15, 0.2) is 40.9 Å². The second-order valence-electron chi connectivity index (χ2n) is 6.62. The van der Waals surface area contributed by atoms with Gasteiger partial charge in [-0.25, -0.2) is 4.39 Å². The fourth-order valence-corrected chi connectivity index (χ4v) is 3.15. The molecule has 2 aromatic carbocycles. The zero-order valence-electron chi connectivity index (χ0n) is 15.0. The molecule has 0 saturated carbocycles. The number of benzene rings is 2. The maximum absolute atomic E-state index is 14.4. The summed E-state index contributed by atoms with van der Waals surface area (Å²) >= 11 is 0. The molecule has 1 aliphatic heterocycles. The standard InChI is InChI=1S/C20H18FN3O3/c1-12(2)26-15-4-5-16(17(21)10-15)19-22-20(23-27-19)24-8-7-14-9-13(11-25)3-6-18(14)24/h3-6,9-12H,7-8H2,1-2H3. The van der Waals surface area contributed by atoms with E-state index in [0.29, 0.717) is 23.8 Å². The third kappa shape index (κ3) is 3.28. The van der Waals surface area contributed by atoms with Crippen LogP contribution in [0.4, 0.5) is 16.0 Å². The second-order valence-corrected chi connectivity index (χ2v) is 6.62. The lowest BCUT2D eigenvalue weighted by molar-refractivity contribution is 0.112. The highest BCUT2D eigenvalue weighted by molar-refractivity contribution is 5.78. The molecular formula is C20H18FN3O3. The molecule has 0 bridgehead atoms. The van der Waals surface area contributed by atoms with Crippen LogP contribution in [-0.2, 0) is 6.42 Å². The molecular weight excluding hydrogens is 349 g/mol. The predicted octanol–water partition coefficient (Wildman–Crippen LogP) is 4.17. The van der Waals surface area contributed by atoms with Crippen molar-refractivity contribution in [3.8, 4) is 17.2 Å². The first-order valence-corrected chi connectivity index (χ1v) is 8.71. The van der Waals surface area contributed by atoms with Crippen LogP contribution in [0.2, 0.25) is 0 Å². The number of rotatable bonds is 5. The van der Waals surface area contributed by atoms with Gasteiger partial charge in [0, 0.05) is 23.9 Å². The van der Waals surface area contributed by atoms with Gasteiger partial charge >= 0.3 is 0 Å². The summed E-state index contributed by atoms with van der Waals surface area (Å²) < 4.78 is 25.2. The molecule has 0 fully saturated rings. The minimum Gasteiger partial charge on any atom is -0.491 e. The van der Waals surface area contributed by atoms with Gasteiger partial charge < -0.3 is 14.2 Å². The maximum Gasteiger partial charge on any atom is 0.270 e. The van der Waals surface area contributed by atoms with Crippen LogP contribution in [0.3, 0.4) is 0 Å².